The van der Waals surface area contributed by atoms with Gasteiger partial charge in [0, 0.05) is 6.20 Å². The molecule has 0 saturated carbocycles. The normalized spacial score (nSPS) is 10.4. The van der Waals surface area contributed by atoms with Crippen LogP contribution in [0.25, 0.3) is 0 Å². The zero-order valence-electron chi connectivity index (χ0n) is 7.88. The lowest BCUT2D eigenvalue weighted by Gasteiger charge is -2.02. The third kappa shape index (κ3) is 3.65. The van der Waals surface area contributed by atoms with Gasteiger partial charge in [-0.3, -0.25) is 0 Å². The first-order valence-electron chi connectivity index (χ1n) is 4.36. The molecule has 1 aromatic heterocycles. The van der Waals surface area contributed by atoms with Gasteiger partial charge in [0.25, 0.3) is 0 Å². The monoisotopic (exact) mass is 260 g/mol. The predicted octanol–water partition coefficient (Wildman–Crippen LogP) is 3.44. The summed E-state index contributed by atoms with van der Waals surface area (Å²) >= 11 is 5.22. The maximum absolute atomic E-state index is 4.35. The van der Waals surface area contributed by atoms with Crippen LogP contribution in [0.5, 0.6) is 0 Å². The van der Waals surface area contributed by atoms with Gasteiger partial charge in [-0.2, -0.15) is 0 Å². The third-order valence-corrected chi connectivity index (χ3v) is 3.49. The number of aromatic nitrogens is 2. The summed E-state index contributed by atoms with van der Waals surface area (Å²) in [5.41, 5.74) is 0. The second kappa shape index (κ2) is 5.60. The van der Waals surface area contributed by atoms with E-state index in [9.17, 15) is 0 Å². The molecule has 0 saturated heterocycles. The van der Waals surface area contributed by atoms with E-state index in [0.29, 0.717) is 0 Å². The summed E-state index contributed by atoms with van der Waals surface area (Å²) in [6.07, 6.45) is 4.28. The van der Waals surface area contributed by atoms with Crippen molar-refractivity contribution in [1.29, 1.82) is 0 Å². The van der Waals surface area contributed by atoms with Gasteiger partial charge in [0.05, 0.1) is 4.47 Å². The fraction of sp³-hybridized carbons (Fsp3) is 0.556. The van der Waals surface area contributed by atoms with Crippen LogP contribution < -0.4 is 0 Å². The van der Waals surface area contributed by atoms with Crippen LogP contribution in [0.3, 0.4) is 0 Å². The second-order valence-corrected chi connectivity index (χ2v) is 4.71. The van der Waals surface area contributed by atoms with Crippen LogP contribution in [0.4, 0.5) is 0 Å². The molecule has 0 unspecified atom stereocenters. The molecule has 1 rings (SSSR count). The minimum atomic E-state index is 0.835. The maximum Gasteiger partial charge on any atom is 0.126 e. The van der Waals surface area contributed by atoms with Gasteiger partial charge in [-0.05, 0) is 35.0 Å². The Morgan fingerprint density at radius 2 is 2.31 bits per heavy atom. The zero-order valence-corrected chi connectivity index (χ0v) is 10.3. The van der Waals surface area contributed by atoms with Crippen LogP contribution in [0.15, 0.2) is 15.7 Å². The standard InChI is InChI=1S/C9H13BrN2S/c1-3-4-5-13-9-8(10)6-11-7(2)12-9/h6H,3-5H2,1-2H3. The van der Waals surface area contributed by atoms with E-state index in [0.717, 1.165) is 21.1 Å². The molecular formula is C9H13BrN2S. The summed E-state index contributed by atoms with van der Waals surface area (Å²) in [7, 11) is 0. The Labute approximate surface area is 91.7 Å². The molecule has 0 spiro atoms. The van der Waals surface area contributed by atoms with E-state index in [1.165, 1.54) is 12.8 Å². The Bertz CT molecular complexity index is 278. The Kier molecular flexibility index (Phi) is 4.73. The minimum Gasteiger partial charge on any atom is -0.240 e. The van der Waals surface area contributed by atoms with Crippen molar-refractivity contribution in [2.24, 2.45) is 0 Å². The van der Waals surface area contributed by atoms with Gasteiger partial charge in [0.2, 0.25) is 0 Å². The molecule has 0 aliphatic carbocycles. The molecular weight excluding hydrogens is 248 g/mol. The lowest BCUT2D eigenvalue weighted by atomic mass is 10.4. The summed E-state index contributed by atoms with van der Waals surface area (Å²) < 4.78 is 0.999. The molecule has 0 aromatic carbocycles. The Hall–Kier alpha value is -0.0900. The van der Waals surface area contributed by atoms with Crippen molar-refractivity contribution in [3.63, 3.8) is 0 Å². The Morgan fingerprint density at radius 3 is 3.00 bits per heavy atom. The van der Waals surface area contributed by atoms with E-state index in [4.69, 9.17) is 0 Å². The number of nitrogens with zero attached hydrogens (tertiary/aromatic N) is 2. The lowest BCUT2D eigenvalue weighted by Crippen LogP contribution is -1.91. The van der Waals surface area contributed by atoms with Crippen LogP contribution in [0.2, 0.25) is 0 Å². The first-order chi connectivity index (χ1) is 6.24. The largest absolute Gasteiger partial charge is 0.240 e. The smallest absolute Gasteiger partial charge is 0.126 e. The molecule has 0 amide bonds. The van der Waals surface area contributed by atoms with Crippen LogP contribution in [-0.2, 0) is 0 Å². The van der Waals surface area contributed by atoms with Crippen LogP contribution >= 0.6 is 27.7 Å². The SMILES string of the molecule is CCCCSc1nc(C)ncc1Br. The number of hydrogen-bond donors (Lipinski definition) is 0. The number of thioether (sulfide) groups is 1. The van der Waals surface area contributed by atoms with E-state index in [1.807, 2.05) is 13.1 Å². The van der Waals surface area contributed by atoms with Gasteiger partial charge >= 0.3 is 0 Å². The van der Waals surface area contributed by atoms with Crippen LogP contribution in [0.1, 0.15) is 25.6 Å². The van der Waals surface area contributed by atoms with Gasteiger partial charge in [0.15, 0.2) is 0 Å². The molecule has 0 bridgehead atoms. The molecule has 0 fully saturated rings. The summed E-state index contributed by atoms with van der Waals surface area (Å²) in [5, 5.41) is 1.06. The average Bonchev–Trinajstić information content (AvgIpc) is 2.11. The topological polar surface area (TPSA) is 25.8 Å². The number of aryl methyl sites for hydroxylation is 1. The number of unbranched alkanes of at least 4 members (excludes halogenated alkanes) is 1. The number of rotatable bonds is 4. The molecule has 4 heteroatoms. The molecule has 72 valence electrons. The molecule has 0 atom stereocenters. The maximum atomic E-state index is 4.35. The number of halogens is 1. The van der Waals surface area contributed by atoms with Gasteiger partial charge < -0.3 is 0 Å². The van der Waals surface area contributed by atoms with Gasteiger partial charge in [0.1, 0.15) is 10.9 Å². The van der Waals surface area contributed by atoms with Crippen molar-refractivity contribution in [1.82, 2.24) is 9.97 Å². The average molecular weight is 261 g/mol. The second-order valence-electron chi connectivity index (χ2n) is 2.77. The molecule has 1 heterocycles. The summed E-state index contributed by atoms with van der Waals surface area (Å²) in [5.74, 6) is 1.97. The highest BCUT2D eigenvalue weighted by Gasteiger charge is 2.02. The molecule has 13 heavy (non-hydrogen) atoms. The third-order valence-electron chi connectivity index (χ3n) is 1.57. The Balaban J connectivity index is 2.59. The zero-order chi connectivity index (χ0) is 9.68. The van der Waals surface area contributed by atoms with Crippen molar-refractivity contribution in [3.05, 3.63) is 16.5 Å². The molecule has 1 aromatic rings. The fourth-order valence-electron chi connectivity index (χ4n) is 0.849. The van der Waals surface area contributed by atoms with E-state index < -0.39 is 0 Å². The quantitative estimate of drug-likeness (QED) is 0.471. The molecule has 0 aliphatic rings. The first kappa shape index (κ1) is 11.0. The Morgan fingerprint density at radius 1 is 1.54 bits per heavy atom. The summed E-state index contributed by atoms with van der Waals surface area (Å²) in [6.45, 7) is 4.11. The van der Waals surface area contributed by atoms with E-state index in [2.05, 4.69) is 32.8 Å². The minimum absolute atomic E-state index is 0.835. The highest BCUT2D eigenvalue weighted by molar-refractivity contribution is 9.10. The van der Waals surface area contributed by atoms with Gasteiger partial charge in [-0.1, -0.05) is 13.3 Å². The van der Waals surface area contributed by atoms with Crippen molar-refractivity contribution in [2.45, 2.75) is 31.7 Å². The van der Waals surface area contributed by atoms with Crippen molar-refractivity contribution >= 4 is 27.7 Å². The number of hydrogen-bond acceptors (Lipinski definition) is 3. The highest BCUT2D eigenvalue weighted by atomic mass is 79.9. The van der Waals surface area contributed by atoms with E-state index in [1.54, 1.807) is 11.8 Å². The van der Waals surface area contributed by atoms with E-state index >= 15 is 0 Å². The fourth-order valence-corrected chi connectivity index (χ4v) is 2.40. The van der Waals surface area contributed by atoms with Crippen molar-refractivity contribution in [2.75, 3.05) is 5.75 Å². The lowest BCUT2D eigenvalue weighted by molar-refractivity contribution is 0.890. The molecule has 0 aliphatic heterocycles. The van der Waals surface area contributed by atoms with Gasteiger partial charge in [-0.25, -0.2) is 9.97 Å². The molecule has 0 N–H and O–H groups in total. The summed E-state index contributed by atoms with van der Waals surface area (Å²) in [6, 6.07) is 0. The van der Waals surface area contributed by atoms with Crippen molar-refractivity contribution < 1.29 is 0 Å². The predicted molar refractivity (Wildman–Crippen MR) is 60.1 cm³/mol. The molecule has 0 radical (unpaired) electrons. The van der Waals surface area contributed by atoms with E-state index in [-0.39, 0.29) is 0 Å². The van der Waals surface area contributed by atoms with Crippen LogP contribution in [0, 0.1) is 6.92 Å². The molecule has 2 nitrogen and oxygen atoms in total. The van der Waals surface area contributed by atoms with Gasteiger partial charge in [-0.15, -0.1) is 11.8 Å². The summed E-state index contributed by atoms with van der Waals surface area (Å²) in [4.78, 5) is 8.45. The van der Waals surface area contributed by atoms with Crippen LogP contribution in [-0.4, -0.2) is 15.7 Å². The van der Waals surface area contributed by atoms with Crippen molar-refractivity contribution in [3.8, 4) is 0 Å². The highest BCUT2D eigenvalue weighted by Crippen LogP contribution is 2.25. The first-order valence-corrected chi connectivity index (χ1v) is 6.14.